The van der Waals surface area contributed by atoms with Gasteiger partial charge in [0.05, 0.1) is 11.3 Å². The Labute approximate surface area is 181 Å². The summed E-state index contributed by atoms with van der Waals surface area (Å²) >= 11 is 0. The van der Waals surface area contributed by atoms with Crippen molar-refractivity contribution in [2.45, 2.75) is 52.3 Å². The number of alkyl halides is 3. The summed E-state index contributed by atoms with van der Waals surface area (Å²) in [5.74, 6) is 1.85. The minimum atomic E-state index is -4.34. The number of rotatable bonds is 5. The maximum absolute atomic E-state index is 12.7. The van der Waals surface area contributed by atoms with Crippen LogP contribution in [0.2, 0.25) is 0 Å². The van der Waals surface area contributed by atoms with Gasteiger partial charge < -0.3 is 9.64 Å². The second kappa shape index (κ2) is 8.41. The molecule has 0 spiro atoms. The zero-order valence-electron chi connectivity index (χ0n) is 18.3. The van der Waals surface area contributed by atoms with E-state index in [-0.39, 0.29) is 6.10 Å². The van der Waals surface area contributed by atoms with Crippen LogP contribution in [-0.2, 0) is 6.18 Å². The van der Waals surface area contributed by atoms with E-state index in [1.54, 1.807) is 12.1 Å². The summed E-state index contributed by atoms with van der Waals surface area (Å²) in [7, 11) is 0. The number of benzene rings is 1. The molecule has 0 bridgehead atoms. The highest BCUT2D eigenvalue weighted by Crippen LogP contribution is 2.40. The molecule has 2 fully saturated rings. The van der Waals surface area contributed by atoms with Gasteiger partial charge in [0.1, 0.15) is 6.10 Å². The van der Waals surface area contributed by atoms with Crippen LogP contribution in [0.3, 0.4) is 0 Å². The molecule has 0 amide bonds. The smallest absolute Gasteiger partial charge is 0.416 e. The number of halogens is 3. The first-order valence-corrected chi connectivity index (χ1v) is 11.0. The normalized spacial score (nSPS) is 24.4. The summed E-state index contributed by atoms with van der Waals surface area (Å²) in [6.45, 7) is 10.3. The Bertz CT molecular complexity index is 861. The summed E-state index contributed by atoms with van der Waals surface area (Å²) in [5, 5.41) is 8.30. The van der Waals surface area contributed by atoms with E-state index in [2.05, 4.69) is 35.9 Å². The molecule has 31 heavy (non-hydrogen) atoms. The Morgan fingerprint density at radius 2 is 1.58 bits per heavy atom. The highest BCUT2D eigenvalue weighted by Gasteiger charge is 2.42. The van der Waals surface area contributed by atoms with Crippen LogP contribution >= 0.6 is 0 Å². The monoisotopic (exact) mass is 433 g/mol. The molecule has 1 saturated heterocycles. The number of ether oxygens (including phenoxy) is 1. The van der Waals surface area contributed by atoms with Crippen molar-refractivity contribution in [3.63, 3.8) is 0 Å². The second-order valence-corrected chi connectivity index (χ2v) is 10.1. The van der Waals surface area contributed by atoms with Gasteiger partial charge in [-0.05, 0) is 61.3 Å². The molecule has 2 aromatic rings. The van der Waals surface area contributed by atoms with Gasteiger partial charge in [-0.2, -0.15) is 13.2 Å². The summed E-state index contributed by atoms with van der Waals surface area (Å²) in [6, 6.07) is 8.44. The standard InChI is InChI=1S/C24H30F3N3O/c1-23(2,3)10-11-30-14-17-12-20(13-18(17)15-30)31-22-9-8-21(28-29-22)16-4-6-19(7-5-16)24(25,26)27/h4-9,17-18,20H,10-15H2,1-3H3/t17-,18+,20+. The number of hydrogen-bond acceptors (Lipinski definition) is 4. The average Bonchev–Trinajstić information content (AvgIpc) is 3.24. The molecule has 3 atom stereocenters. The highest BCUT2D eigenvalue weighted by molar-refractivity contribution is 5.59. The first kappa shape index (κ1) is 22.1. The van der Waals surface area contributed by atoms with Gasteiger partial charge in [0, 0.05) is 24.7 Å². The van der Waals surface area contributed by atoms with Gasteiger partial charge in [0.2, 0.25) is 5.88 Å². The van der Waals surface area contributed by atoms with Gasteiger partial charge in [-0.25, -0.2) is 0 Å². The van der Waals surface area contributed by atoms with E-state index >= 15 is 0 Å². The fraction of sp³-hybridized carbons (Fsp3) is 0.583. The van der Waals surface area contributed by atoms with Crippen LogP contribution in [-0.4, -0.2) is 40.8 Å². The highest BCUT2D eigenvalue weighted by atomic mass is 19.4. The largest absolute Gasteiger partial charge is 0.473 e. The molecule has 4 nitrogen and oxygen atoms in total. The summed E-state index contributed by atoms with van der Waals surface area (Å²) in [4.78, 5) is 2.59. The molecule has 1 aromatic heterocycles. The maximum atomic E-state index is 12.7. The number of aromatic nitrogens is 2. The van der Waals surface area contributed by atoms with Gasteiger partial charge in [0.15, 0.2) is 0 Å². The Balaban J connectivity index is 1.29. The Kier molecular flexibility index (Phi) is 5.99. The molecule has 168 valence electrons. The molecule has 7 heteroatoms. The Hall–Kier alpha value is -2.15. The van der Waals surface area contributed by atoms with E-state index < -0.39 is 11.7 Å². The van der Waals surface area contributed by atoms with Crippen LogP contribution in [0.1, 0.15) is 45.6 Å². The maximum Gasteiger partial charge on any atom is 0.416 e. The lowest BCUT2D eigenvalue weighted by atomic mass is 9.92. The number of fused-ring (bicyclic) bond motifs is 1. The van der Waals surface area contributed by atoms with Crippen LogP contribution < -0.4 is 4.74 Å². The summed E-state index contributed by atoms with van der Waals surface area (Å²) in [5.41, 5.74) is 0.818. The van der Waals surface area contributed by atoms with Crippen molar-refractivity contribution in [3.8, 4) is 17.1 Å². The SMILES string of the molecule is CC(C)(C)CCN1C[C@H]2C[C@H](Oc3ccc(-c4ccc(C(F)(F)F)cc4)nn3)C[C@H]2C1. The number of nitrogens with zero attached hydrogens (tertiary/aromatic N) is 3. The third kappa shape index (κ3) is 5.56. The number of likely N-dealkylation sites (tertiary alicyclic amines) is 1. The number of hydrogen-bond donors (Lipinski definition) is 0. The van der Waals surface area contributed by atoms with E-state index in [0.717, 1.165) is 38.1 Å². The van der Waals surface area contributed by atoms with Crippen molar-refractivity contribution in [1.82, 2.24) is 15.1 Å². The molecule has 0 N–H and O–H groups in total. The molecule has 1 aromatic carbocycles. The minimum absolute atomic E-state index is 0.158. The zero-order valence-corrected chi connectivity index (χ0v) is 18.3. The van der Waals surface area contributed by atoms with Crippen molar-refractivity contribution in [2.75, 3.05) is 19.6 Å². The zero-order chi connectivity index (χ0) is 22.2. The third-order valence-electron chi connectivity index (χ3n) is 6.40. The first-order valence-electron chi connectivity index (χ1n) is 11.0. The molecular formula is C24H30F3N3O. The minimum Gasteiger partial charge on any atom is -0.473 e. The van der Waals surface area contributed by atoms with Crippen molar-refractivity contribution in [2.24, 2.45) is 17.3 Å². The van der Waals surface area contributed by atoms with Crippen molar-refractivity contribution in [1.29, 1.82) is 0 Å². The Morgan fingerprint density at radius 3 is 2.10 bits per heavy atom. The lowest BCUT2D eigenvalue weighted by Crippen LogP contribution is -2.28. The van der Waals surface area contributed by atoms with Gasteiger partial charge in [-0.15, -0.1) is 10.2 Å². The van der Waals surface area contributed by atoms with Crippen LogP contribution in [0.4, 0.5) is 13.2 Å². The second-order valence-electron chi connectivity index (χ2n) is 10.1. The molecule has 0 unspecified atom stereocenters. The molecular weight excluding hydrogens is 403 g/mol. The lowest BCUT2D eigenvalue weighted by Gasteiger charge is -2.24. The van der Waals surface area contributed by atoms with E-state index in [4.69, 9.17) is 4.74 Å². The van der Waals surface area contributed by atoms with Gasteiger partial charge in [-0.1, -0.05) is 32.9 Å². The van der Waals surface area contributed by atoms with E-state index in [9.17, 15) is 13.2 Å². The van der Waals surface area contributed by atoms with E-state index in [0.29, 0.717) is 34.4 Å². The van der Waals surface area contributed by atoms with Crippen molar-refractivity contribution >= 4 is 0 Å². The van der Waals surface area contributed by atoms with Crippen LogP contribution in [0.5, 0.6) is 5.88 Å². The molecule has 4 rings (SSSR count). The molecule has 0 radical (unpaired) electrons. The predicted octanol–water partition coefficient (Wildman–Crippen LogP) is 5.69. The van der Waals surface area contributed by atoms with Crippen molar-refractivity contribution < 1.29 is 17.9 Å². The lowest BCUT2D eigenvalue weighted by molar-refractivity contribution is -0.137. The predicted molar refractivity (Wildman–Crippen MR) is 114 cm³/mol. The third-order valence-corrected chi connectivity index (χ3v) is 6.40. The molecule has 1 aliphatic heterocycles. The quantitative estimate of drug-likeness (QED) is 0.607. The topological polar surface area (TPSA) is 38.2 Å². The fourth-order valence-corrected chi connectivity index (χ4v) is 4.65. The van der Waals surface area contributed by atoms with Gasteiger partial charge >= 0.3 is 6.18 Å². The Morgan fingerprint density at radius 1 is 0.935 bits per heavy atom. The summed E-state index contributed by atoms with van der Waals surface area (Å²) in [6.07, 6.45) is -0.887. The molecule has 2 aliphatic rings. The van der Waals surface area contributed by atoms with Gasteiger partial charge in [-0.3, -0.25) is 0 Å². The average molecular weight is 434 g/mol. The fourth-order valence-electron chi connectivity index (χ4n) is 4.65. The molecule has 1 aliphatic carbocycles. The molecule has 2 heterocycles. The van der Waals surface area contributed by atoms with E-state index in [1.807, 2.05) is 0 Å². The van der Waals surface area contributed by atoms with Crippen LogP contribution in [0.25, 0.3) is 11.3 Å². The first-order chi connectivity index (χ1) is 14.6. The van der Waals surface area contributed by atoms with Crippen LogP contribution in [0, 0.1) is 17.3 Å². The molecule has 1 saturated carbocycles. The van der Waals surface area contributed by atoms with Crippen LogP contribution in [0.15, 0.2) is 36.4 Å². The van der Waals surface area contributed by atoms with Gasteiger partial charge in [0.25, 0.3) is 0 Å². The summed E-state index contributed by atoms with van der Waals surface area (Å²) < 4.78 is 44.2. The van der Waals surface area contributed by atoms with Crippen molar-refractivity contribution in [3.05, 3.63) is 42.0 Å². The van der Waals surface area contributed by atoms with E-state index in [1.165, 1.54) is 25.1 Å².